The first kappa shape index (κ1) is 29.8. The molecule has 0 spiro atoms. The van der Waals surface area contributed by atoms with Gasteiger partial charge in [-0.1, -0.05) is 48.9 Å². The van der Waals surface area contributed by atoms with Crippen molar-refractivity contribution >= 4 is 0 Å². The number of furan rings is 1. The molecule has 2 aromatic rings. The predicted molar refractivity (Wildman–Crippen MR) is 158 cm³/mol. The second kappa shape index (κ2) is 15.0. The number of hydrogen-bond acceptors (Lipinski definition) is 6. The highest BCUT2D eigenvalue weighted by Gasteiger charge is 2.31. The Kier molecular flexibility index (Phi) is 11.4. The lowest BCUT2D eigenvalue weighted by molar-refractivity contribution is 0.0745. The highest BCUT2D eigenvalue weighted by molar-refractivity contribution is 5.67. The smallest absolute Gasteiger partial charge is 0.137 e. The summed E-state index contributed by atoms with van der Waals surface area (Å²) in [6.07, 6.45) is 11.5. The largest absolute Gasteiger partial charge is 0.464 e. The number of aliphatic hydroxyl groups is 1. The van der Waals surface area contributed by atoms with E-state index in [1.54, 1.807) is 19.6 Å². The molecule has 2 aliphatic rings. The second-order valence-corrected chi connectivity index (χ2v) is 11.5. The quantitative estimate of drug-likeness (QED) is 0.267. The molecule has 2 heterocycles. The van der Waals surface area contributed by atoms with E-state index in [2.05, 4.69) is 60.9 Å². The van der Waals surface area contributed by atoms with Crippen LogP contribution in [0.4, 0.5) is 0 Å². The van der Waals surface area contributed by atoms with Crippen LogP contribution in [0.15, 0.2) is 58.2 Å². The van der Waals surface area contributed by atoms with E-state index in [9.17, 15) is 5.11 Å². The Morgan fingerprint density at radius 1 is 1.13 bits per heavy atom. The van der Waals surface area contributed by atoms with Crippen LogP contribution in [0.25, 0.3) is 11.3 Å². The average molecular weight is 537 g/mol. The van der Waals surface area contributed by atoms with Crippen LogP contribution < -0.4 is 10.6 Å². The van der Waals surface area contributed by atoms with Crippen LogP contribution in [-0.2, 0) is 15.9 Å². The van der Waals surface area contributed by atoms with Gasteiger partial charge in [0.1, 0.15) is 12.0 Å². The molecule has 4 atom stereocenters. The Bertz CT molecular complexity index is 1100. The van der Waals surface area contributed by atoms with Gasteiger partial charge in [-0.25, -0.2) is 0 Å². The average Bonchev–Trinajstić information content (AvgIpc) is 3.31. The van der Waals surface area contributed by atoms with Gasteiger partial charge in [0.05, 0.1) is 26.1 Å². The molecule has 6 heteroatoms. The molecule has 0 amide bonds. The third-order valence-corrected chi connectivity index (χ3v) is 8.19. The van der Waals surface area contributed by atoms with E-state index in [1.165, 1.54) is 28.7 Å². The molecule has 0 radical (unpaired) electrons. The van der Waals surface area contributed by atoms with Gasteiger partial charge in [0.2, 0.25) is 0 Å². The molecule has 6 nitrogen and oxygen atoms in total. The number of hydrogen-bond donors (Lipinski definition) is 3. The van der Waals surface area contributed by atoms with Crippen molar-refractivity contribution in [3.8, 4) is 11.3 Å². The molecule has 1 aliphatic heterocycles. The van der Waals surface area contributed by atoms with Gasteiger partial charge in [-0.05, 0) is 80.7 Å². The molecule has 4 unspecified atom stereocenters. The SMILES string of the molecule is COCC(C)COCC1=CC=C(CC2CCNCC2c2coc(-c3ccccc3CCNC(C)O)c2C)CC1. The van der Waals surface area contributed by atoms with Crippen molar-refractivity contribution < 1.29 is 19.0 Å². The highest BCUT2D eigenvalue weighted by Crippen LogP contribution is 2.41. The fourth-order valence-corrected chi connectivity index (χ4v) is 6.03. The fraction of sp³-hybridized carbons (Fsp3) is 0.576. The zero-order chi connectivity index (χ0) is 27.6. The molecule has 1 fully saturated rings. The molecule has 1 aromatic heterocycles. The number of ether oxygens (including phenoxy) is 2. The zero-order valence-electron chi connectivity index (χ0n) is 24.3. The van der Waals surface area contributed by atoms with Crippen molar-refractivity contribution in [2.45, 2.75) is 65.0 Å². The summed E-state index contributed by atoms with van der Waals surface area (Å²) in [7, 11) is 1.74. The molecular formula is C33H48N2O4. The number of methoxy groups -OCH3 is 1. The van der Waals surface area contributed by atoms with Crippen molar-refractivity contribution in [2.75, 3.05) is 46.6 Å². The second-order valence-electron chi connectivity index (χ2n) is 11.5. The maximum absolute atomic E-state index is 9.58. The van der Waals surface area contributed by atoms with Crippen molar-refractivity contribution in [1.82, 2.24) is 10.6 Å². The van der Waals surface area contributed by atoms with Crippen LogP contribution in [0.2, 0.25) is 0 Å². The minimum absolute atomic E-state index is 0.426. The molecule has 214 valence electrons. The summed E-state index contributed by atoms with van der Waals surface area (Å²) in [5.74, 6) is 2.45. The van der Waals surface area contributed by atoms with E-state index in [1.807, 2.05) is 6.26 Å². The van der Waals surface area contributed by atoms with Gasteiger partial charge in [-0.15, -0.1) is 0 Å². The molecule has 39 heavy (non-hydrogen) atoms. The molecule has 1 aliphatic carbocycles. The van der Waals surface area contributed by atoms with Gasteiger partial charge in [0.15, 0.2) is 0 Å². The molecule has 4 rings (SSSR count). The summed E-state index contributed by atoms with van der Waals surface area (Å²) >= 11 is 0. The van der Waals surface area contributed by atoms with E-state index in [0.29, 0.717) is 17.8 Å². The molecule has 0 bridgehead atoms. The van der Waals surface area contributed by atoms with Gasteiger partial charge < -0.3 is 24.3 Å². The maximum atomic E-state index is 9.58. The first-order valence-electron chi connectivity index (χ1n) is 14.7. The van der Waals surface area contributed by atoms with Crippen molar-refractivity contribution in [2.24, 2.45) is 11.8 Å². The van der Waals surface area contributed by atoms with Gasteiger partial charge >= 0.3 is 0 Å². The number of allylic oxidation sites excluding steroid dienone is 3. The van der Waals surface area contributed by atoms with Crippen molar-refractivity contribution in [3.63, 3.8) is 0 Å². The van der Waals surface area contributed by atoms with Crippen LogP contribution in [0.3, 0.4) is 0 Å². The van der Waals surface area contributed by atoms with Gasteiger partial charge in [0, 0.05) is 37.6 Å². The number of aliphatic hydroxyl groups excluding tert-OH is 1. The topological polar surface area (TPSA) is 75.9 Å². The van der Waals surface area contributed by atoms with Crippen LogP contribution in [0.5, 0.6) is 0 Å². The maximum Gasteiger partial charge on any atom is 0.137 e. The molecular weight excluding hydrogens is 488 g/mol. The molecule has 3 N–H and O–H groups in total. The van der Waals surface area contributed by atoms with Gasteiger partial charge in [-0.2, -0.15) is 0 Å². The van der Waals surface area contributed by atoms with E-state index in [0.717, 1.165) is 76.5 Å². The monoisotopic (exact) mass is 536 g/mol. The summed E-state index contributed by atoms with van der Waals surface area (Å²) in [6, 6.07) is 8.47. The van der Waals surface area contributed by atoms with Crippen LogP contribution in [0.1, 0.15) is 62.1 Å². The Morgan fingerprint density at radius 3 is 2.69 bits per heavy atom. The minimum Gasteiger partial charge on any atom is -0.464 e. The Labute approximate surface area is 234 Å². The van der Waals surface area contributed by atoms with Crippen molar-refractivity contribution in [1.29, 1.82) is 0 Å². The lowest BCUT2D eigenvalue weighted by Crippen LogP contribution is -2.35. The summed E-state index contributed by atoms with van der Waals surface area (Å²) in [4.78, 5) is 0. The normalized spacial score (nSPS) is 21.4. The standard InChI is InChI=1S/C33H48N2O4/c1-23(19-37-4)20-38-21-27-11-9-26(10-12-27)17-29-13-15-34-18-31(29)32-22-39-33(24(32)2)30-8-6-5-7-28(30)14-16-35-25(3)36/h5-9,11,22-23,25,29,31,34-36H,10,12-21H2,1-4H3. The Morgan fingerprint density at radius 2 is 1.92 bits per heavy atom. The van der Waals surface area contributed by atoms with Gasteiger partial charge in [-0.3, -0.25) is 5.32 Å². The first-order valence-corrected chi connectivity index (χ1v) is 14.7. The molecule has 0 saturated carbocycles. The van der Waals surface area contributed by atoms with Crippen LogP contribution >= 0.6 is 0 Å². The van der Waals surface area contributed by atoms with Crippen LogP contribution in [0, 0.1) is 18.8 Å². The summed E-state index contributed by atoms with van der Waals surface area (Å²) in [5.41, 5.74) is 7.93. The first-order chi connectivity index (χ1) is 19.0. The highest BCUT2D eigenvalue weighted by atomic mass is 16.5. The third-order valence-electron chi connectivity index (χ3n) is 8.19. The molecule has 1 aromatic carbocycles. The van der Waals surface area contributed by atoms with Crippen LogP contribution in [-0.4, -0.2) is 57.9 Å². The fourth-order valence-electron chi connectivity index (χ4n) is 6.03. The predicted octanol–water partition coefficient (Wildman–Crippen LogP) is 5.75. The summed E-state index contributed by atoms with van der Waals surface area (Å²) in [5, 5.41) is 16.3. The van der Waals surface area contributed by atoms with Gasteiger partial charge in [0.25, 0.3) is 0 Å². The summed E-state index contributed by atoms with van der Waals surface area (Å²) in [6.45, 7) is 11.1. The summed E-state index contributed by atoms with van der Waals surface area (Å²) < 4.78 is 17.4. The number of nitrogens with one attached hydrogen (secondary N) is 2. The number of benzene rings is 1. The molecule has 1 saturated heterocycles. The zero-order valence-corrected chi connectivity index (χ0v) is 24.3. The lowest BCUT2D eigenvalue weighted by Gasteiger charge is -2.33. The number of rotatable bonds is 14. The third kappa shape index (κ3) is 8.38. The minimum atomic E-state index is -0.505. The number of piperidine rings is 1. The lowest BCUT2D eigenvalue weighted by atomic mass is 9.76. The Hall–Kier alpha value is -2.22. The van der Waals surface area contributed by atoms with Crippen molar-refractivity contribution in [3.05, 3.63) is 70.5 Å². The van der Waals surface area contributed by atoms with E-state index in [-0.39, 0.29) is 0 Å². The van der Waals surface area contributed by atoms with E-state index in [4.69, 9.17) is 13.9 Å². The van der Waals surface area contributed by atoms with E-state index >= 15 is 0 Å². The van der Waals surface area contributed by atoms with E-state index < -0.39 is 6.23 Å². The Balaban J connectivity index is 1.42.